The van der Waals surface area contributed by atoms with Crippen LogP contribution in [0.15, 0.2) is 12.4 Å². The van der Waals surface area contributed by atoms with Crippen LogP contribution in [0.2, 0.25) is 0 Å². The largest absolute Gasteiger partial charge is 0.368 e. The molecule has 0 saturated heterocycles. The maximum Gasteiger partial charge on any atom is 0.237 e. The molecule has 1 unspecified atom stereocenters. The molecule has 5 nitrogen and oxygen atoms in total. The highest BCUT2D eigenvalue weighted by molar-refractivity contribution is 5.84. The fourth-order valence-electron chi connectivity index (χ4n) is 2.11. The Morgan fingerprint density at radius 3 is 2.78 bits per heavy atom. The van der Waals surface area contributed by atoms with Gasteiger partial charge in [-0.05, 0) is 27.2 Å². The number of hydrogen-bond acceptors (Lipinski definition) is 3. The molecular weight excluding hydrogens is 228 g/mol. The highest BCUT2D eigenvalue weighted by Crippen LogP contribution is 2.13. The van der Waals surface area contributed by atoms with E-state index < -0.39 is 5.54 Å². The van der Waals surface area contributed by atoms with E-state index in [9.17, 15) is 4.79 Å². The van der Waals surface area contributed by atoms with Gasteiger partial charge in [-0.3, -0.25) is 4.79 Å². The lowest BCUT2D eigenvalue weighted by Gasteiger charge is -2.30. The van der Waals surface area contributed by atoms with Crippen LogP contribution in [-0.4, -0.2) is 27.0 Å². The van der Waals surface area contributed by atoms with Gasteiger partial charge in [0.25, 0.3) is 0 Å². The standard InChI is InChI=1S/C13H24N4O/c1-5-11-15-7-9-17(11)8-6-13(4,12(14)18)16-10(2)3/h7,9-10,16H,5-6,8H2,1-4H3,(H2,14,18). The van der Waals surface area contributed by atoms with E-state index >= 15 is 0 Å². The molecule has 1 atom stereocenters. The Balaban J connectivity index is 2.71. The Morgan fingerprint density at radius 2 is 2.28 bits per heavy atom. The molecule has 0 radical (unpaired) electrons. The van der Waals surface area contributed by atoms with Gasteiger partial charge in [-0.1, -0.05) is 6.92 Å². The number of amides is 1. The molecule has 0 spiro atoms. The zero-order valence-corrected chi connectivity index (χ0v) is 11.7. The van der Waals surface area contributed by atoms with Gasteiger partial charge in [0.2, 0.25) is 5.91 Å². The molecule has 0 aliphatic carbocycles. The second-order valence-corrected chi connectivity index (χ2v) is 5.14. The van der Waals surface area contributed by atoms with Gasteiger partial charge in [-0.15, -0.1) is 0 Å². The molecule has 0 saturated carbocycles. The van der Waals surface area contributed by atoms with Crippen LogP contribution >= 0.6 is 0 Å². The average molecular weight is 252 g/mol. The van der Waals surface area contributed by atoms with Crippen LogP contribution in [-0.2, 0) is 17.8 Å². The van der Waals surface area contributed by atoms with Crippen LogP contribution in [0.1, 0.15) is 39.9 Å². The van der Waals surface area contributed by atoms with E-state index in [4.69, 9.17) is 5.73 Å². The van der Waals surface area contributed by atoms with Gasteiger partial charge in [0.15, 0.2) is 0 Å². The summed E-state index contributed by atoms with van der Waals surface area (Å²) in [7, 11) is 0. The van der Waals surface area contributed by atoms with E-state index in [1.54, 1.807) is 6.20 Å². The molecule has 0 fully saturated rings. The Hall–Kier alpha value is -1.36. The molecule has 0 bridgehead atoms. The number of carbonyl (C=O) groups is 1. The third-order valence-electron chi connectivity index (χ3n) is 3.12. The number of rotatable bonds is 7. The maximum atomic E-state index is 11.6. The smallest absolute Gasteiger partial charge is 0.237 e. The summed E-state index contributed by atoms with van der Waals surface area (Å²) >= 11 is 0. The lowest BCUT2D eigenvalue weighted by Crippen LogP contribution is -2.55. The van der Waals surface area contributed by atoms with Gasteiger partial charge < -0.3 is 15.6 Å². The van der Waals surface area contributed by atoms with Crippen molar-refractivity contribution in [1.29, 1.82) is 0 Å². The third kappa shape index (κ3) is 3.57. The lowest BCUT2D eigenvalue weighted by atomic mass is 9.95. The Bertz CT molecular complexity index is 399. The number of hydrogen-bond donors (Lipinski definition) is 2. The van der Waals surface area contributed by atoms with Crippen molar-refractivity contribution in [2.24, 2.45) is 5.73 Å². The number of primary amides is 1. The third-order valence-corrected chi connectivity index (χ3v) is 3.12. The Morgan fingerprint density at radius 1 is 1.61 bits per heavy atom. The maximum absolute atomic E-state index is 11.6. The van der Waals surface area contributed by atoms with Crippen LogP contribution < -0.4 is 11.1 Å². The monoisotopic (exact) mass is 252 g/mol. The number of aromatic nitrogens is 2. The molecular formula is C13H24N4O. The first-order valence-electron chi connectivity index (χ1n) is 6.46. The van der Waals surface area contributed by atoms with Crippen molar-refractivity contribution in [2.75, 3.05) is 0 Å². The fraction of sp³-hybridized carbons (Fsp3) is 0.692. The first kappa shape index (κ1) is 14.7. The minimum Gasteiger partial charge on any atom is -0.368 e. The minimum absolute atomic E-state index is 0.218. The van der Waals surface area contributed by atoms with Crippen molar-refractivity contribution in [1.82, 2.24) is 14.9 Å². The van der Waals surface area contributed by atoms with E-state index in [1.807, 2.05) is 27.0 Å². The summed E-state index contributed by atoms with van der Waals surface area (Å²) in [6.45, 7) is 8.68. The topological polar surface area (TPSA) is 72.9 Å². The SMILES string of the molecule is CCc1nccn1CCC(C)(NC(C)C)C(N)=O. The highest BCUT2D eigenvalue weighted by Gasteiger charge is 2.31. The predicted octanol–water partition coefficient (Wildman–Crippen LogP) is 1.08. The Labute approximate surface area is 109 Å². The number of carbonyl (C=O) groups excluding carboxylic acids is 1. The molecule has 1 heterocycles. The van der Waals surface area contributed by atoms with E-state index in [0.29, 0.717) is 6.42 Å². The van der Waals surface area contributed by atoms with Crippen molar-refractivity contribution in [3.8, 4) is 0 Å². The fourth-order valence-corrected chi connectivity index (χ4v) is 2.11. The molecule has 1 amide bonds. The van der Waals surface area contributed by atoms with Gasteiger partial charge in [0.05, 0.1) is 5.54 Å². The molecule has 1 aromatic heterocycles. The number of aryl methyl sites for hydroxylation is 2. The molecule has 102 valence electrons. The zero-order chi connectivity index (χ0) is 13.8. The van der Waals surface area contributed by atoms with E-state index in [0.717, 1.165) is 18.8 Å². The molecule has 0 aliphatic heterocycles. The number of nitrogens with two attached hydrogens (primary N) is 1. The molecule has 1 aromatic rings. The van der Waals surface area contributed by atoms with Gasteiger partial charge in [-0.2, -0.15) is 0 Å². The normalized spacial score (nSPS) is 14.7. The zero-order valence-electron chi connectivity index (χ0n) is 11.7. The lowest BCUT2D eigenvalue weighted by molar-refractivity contribution is -0.124. The van der Waals surface area contributed by atoms with Crippen LogP contribution in [0, 0.1) is 0 Å². The summed E-state index contributed by atoms with van der Waals surface area (Å²) in [5, 5.41) is 3.25. The average Bonchev–Trinajstić information content (AvgIpc) is 2.72. The van der Waals surface area contributed by atoms with E-state index in [-0.39, 0.29) is 11.9 Å². The van der Waals surface area contributed by atoms with Gasteiger partial charge >= 0.3 is 0 Å². The first-order valence-corrected chi connectivity index (χ1v) is 6.46. The van der Waals surface area contributed by atoms with E-state index in [2.05, 4.69) is 21.8 Å². The molecule has 0 aliphatic rings. The summed E-state index contributed by atoms with van der Waals surface area (Å²) in [5.74, 6) is 0.723. The van der Waals surface area contributed by atoms with Crippen LogP contribution in [0.4, 0.5) is 0 Å². The summed E-state index contributed by atoms with van der Waals surface area (Å²) in [4.78, 5) is 15.9. The van der Waals surface area contributed by atoms with Crippen molar-refractivity contribution >= 4 is 5.91 Å². The second kappa shape index (κ2) is 6.00. The van der Waals surface area contributed by atoms with Crippen molar-refractivity contribution in [2.45, 2.75) is 58.7 Å². The Kier molecular flexibility index (Phi) is 4.90. The van der Waals surface area contributed by atoms with Crippen LogP contribution in [0.5, 0.6) is 0 Å². The van der Waals surface area contributed by atoms with Gasteiger partial charge in [-0.25, -0.2) is 4.98 Å². The van der Waals surface area contributed by atoms with Crippen molar-refractivity contribution in [3.63, 3.8) is 0 Å². The number of imidazole rings is 1. The van der Waals surface area contributed by atoms with Crippen molar-refractivity contribution < 1.29 is 4.79 Å². The number of nitrogens with one attached hydrogen (secondary N) is 1. The summed E-state index contributed by atoms with van der Waals surface area (Å²) in [6, 6.07) is 0.218. The highest BCUT2D eigenvalue weighted by atomic mass is 16.1. The predicted molar refractivity (Wildman–Crippen MR) is 72.1 cm³/mol. The molecule has 18 heavy (non-hydrogen) atoms. The van der Waals surface area contributed by atoms with Crippen LogP contribution in [0.25, 0.3) is 0 Å². The number of nitrogens with zero attached hydrogens (tertiary/aromatic N) is 2. The van der Waals surface area contributed by atoms with Crippen molar-refractivity contribution in [3.05, 3.63) is 18.2 Å². The summed E-state index contributed by atoms with van der Waals surface area (Å²) < 4.78 is 2.07. The first-order chi connectivity index (χ1) is 8.39. The minimum atomic E-state index is -0.677. The van der Waals surface area contributed by atoms with Gasteiger partial charge in [0, 0.05) is 31.4 Å². The second-order valence-electron chi connectivity index (χ2n) is 5.14. The molecule has 1 rings (SSSR count). The molecule has 5 heteroatoms. The molecule has 3 N–H and O–H groups in total. The van der Waals surface area contributed by atoms with Gasteiger partial charge in [0.1, 0.15) is 5.82 Å². The molecule has 0 aromatic carbocycles. The summed E-state index contributed by atoms with van der Waals surface area (Å²) in [6.07, 6.45) is 5.27. The quantitative estimate of drug-likeness (QED) is 0.762. The van der Waals surface area contributed by atoms with E-state index in [1.165, 1.54) is 0 Å². The summed E-state index contributed by atoms with van der Waals surface area (Å²) in [5.41, 5.74) is 4.83. The van der Waals surface area contributed by atoms with Crippen LogP contribution in [0.3, 0.4) is 0 Å².